The summed E-state index contributed by atoms with van der Waals surface area (Å²) in [4.78, 5) is 11.4. The van der Waals surface area contributed by atoms with Crippen molar-refractivity contribution in [3.05, 3.63) is 119 Å². The van der Waals surface area contributed by atoms with Crippen LogP contribution < -0.4 is 0 Å². The maximum atomic E-state index is 11.4. The third kappa shape index (κ3) is 4.47. The molecule has 0 bridgehead atoms. The number of rotatable bonds is 8. The molecule has 0 aliphatic carbocycles. The number of ketones is 1. The van der Waals surface area contributed by atoms with E-state index in [1.165, 1.54) is 0 Å². The van der Waals surface area contributed by atoms with Gasteiger partial charge in [-0.25, -0.2) is 0 Å². The predicted molar refractivity (Wildman–Crippen MR) is 114 cm³/mol. The number of carbonyl (C=O) groups is 1. The van der Waals surface area contributed by atoms with E-state index in [-0.39, 0.29) is 5.78 Å². The lowest BCUT2D eigenvalue weighted by Crippen LogP contribution is -2.33. The van der Waals surface area contributed by atoms with Crippen LogP contribution in [0.2, 0.25) is 0 Å². The Labute approximate surface area is 167 Å². The van der Waals surface area contributed by atoms with E-state index >= 15 is 0 Å². The monoisotopic (exact) mass is 370 g/mol. The second-order valence-electron chi connectivity index (χ2n) is 6.98. The number of ether oxygens (including phenoxy) is 1. The first-order valence-corrected chi connectivity index (χ1v) is 9.61. The molecule has 142 valence electrons. The van der Waals surface area contributed by atoms with Crippen LogP contribution in [0.3, 0.4) is 0 Å². The highest BCUT2D eigenvalue weighted by Crippen LogP contribution is 2.40. The molecule has 0 saturated carbocycles. The SMILES string of the molecule is CC(=O)/C=C(\C)CCOC(c1ccccc1)(c1ccccc1)c1ccccc1. The summed E-state index contributed by atoms with van der Waals surface area (Å²) in [5.74, 6) is 0.0675. The zero-order chi connectivity index (χ0) is 19.8. The molecule has 3 aromatic carbocycles. The summed E-state index contributed by atoms with van der Waals surface area (Å²) in [6.07, 6.45) is 2.38. The third-order valence-electron chi connectivity index (χ3n) is 4.81. The highest BCUT2D eigenvalue weighted by Gasteiger charge is 2.37. The molecule has 0 fully saturated rings. The van der Waals surface area contributed by atoms with Gasteiger partial charge in [0.15, 0.2) is 5.78 Å². The molecule has 0 amide bonds. The summed E-state index contributed by atoms with van der Waals surface area (Å²) in [7, 11) is 0. The molecule has 0 spiro atoms. The van der Waals surface area contributed by atoms with Gasteiger partial charge in [0.25, 0.3) is 0 Å². The molecule has 0 atom stereocenters. The van der Waals surface area contributed by atoms with Crippen molar-refractivity contribution < 1.29 is 9.53 Å². The zero-order valence-corrected chi connectivity index (χ0v) is 16.5. The van der Waals surface area contributed by atoms with E-state index < -0.39 is 5.60 Å². The molecule has 0 unspecified atom stereocenters. The molecule has 0 heterocycles. The second kappa shape index (κ2) is 9.29. The molecule has 0 aromatic heterocycles. The number of carbonyl (C=O) groups excluding carboxylic acids is 1. The predicted octanol–water partition coefficient (Wildman–Crippen LogP) is 5.92. The fourth-order valence-corrected chi connectivity index (χ4v) is 3.55. The van der Waals surface area contributed by atoms with E-state index in [0.717, 1.165) is 22.3 Å². The summed E-state index contributed by atoms with van der Waals surface area (Å²) in [6, 6.07) is 31.0. The maximum absolute atomic E-state index is 11.4. The van der Waals surface area contributed by atoms with E-state index in [9.17, 15) is 4.79 Å². The molecule has 0 radical (unpaired) electrons. The van der Waals surface area contributed by atoms with Crippen molar-refractivity contribution in [1.29, 1.82) is 0 Å². The average molecular weight is 370 g/mol. The van der Waals surface area contributed by atoms with Crippen LogP contribution in [0.25, 0.3) is 0 Å². The van der Waals surface area contributed by atoms with Gasteiger partial charge in [-0.1, -0.05) is 96.6 Å². The van der Waals surface area contributed by atoms with Gasteiger partial charge in [-0.3, -0.25) is 4.79 Å². The highest BCUT2D eigenvalue weighted by atomic mass is 16.5. The summed E-state index contributed by atoms with van der Waals surface area (Å²) >= 11 is 0. The van der Waals surface area contributed by atoms with Crippen molar-refractivity contribution in [2.24, 2.45) is 0 Å². The summed E-state index contributed by atoms with van der Waals surface area (Å²) in [5, 5.41) is 0. The van der Waals surface area contributed by atoms with Crippen LogP contribution in [0.1, 0.15) is 37.0 Å². The molecule has 2 nitrogen and oxygen atoms in total. The Kier molecular flexibility index (Phi) is 6.57. The van der Waals surface area contributed by atoms with Gasteiger partial charge in [-0.2, -0.15) is 0 Å². The molecular weight excluding hydrogens is 344 g/mol. The Morgan fingerprint density at radius 2 is 1.14 bits per heavy atom. The molecule has 0 saturated heterocycles. The molecule has 3 aromatic rings. The standard InChI is InChI=1S/C26H26O2/c1-21(20-22(2)27)18-19-28-26(23-12-6-3-7-13-23,24-14-8-4-9-15-24)25-16-10-5-11-17-25/h3-17,20H,18-19H2,1-2H3/b21-20+. The van der Waals surface area contributed by atoms with Gasteiger partial charge in [0.1, 0.15) is 5.60 Å². The van der Waals surface area contributed by atoms with Crippen molar-refractivity contribution in [3.8, 4) is 0 Å². The first kappa shape index (κ1) is 19.8. The second-order valence-corrected chi connectivity index (χ2v) is 6.98. The maximum Gasteiger partial charge on any atom is 0.152 e. The smallest absolute Gasteiger partial charge is 0.152 e. The van der Waals surface area contributed by atoms with E-state index in [0.29, 0.717) is 13.0 Å². The van der Waals surface area contributed by atoms with Crippen molar-refractivity contribution >= 4 is 5.78 Å². The van der Waals surface area contributed by atoms with Crippen molar-refractivity contribution in [3.63, 3.8) is 0 Å². The molecule has 2 heteroatoms. The number of benzene rings is 3. The molecule has 28 heavy (non-hydrogen) atoms. The lowest BCUT2D eigenvalue weighted by Gasteiger charge is -2.36. The van der Waals surface area contributed by atoms with Gasteiger partial charge in [0.05, 0.1) is 6.61 Å². The van der Waals surface area contributed by atoms with Crippen LogP contribution in [0, 0.1) is 0 Å². The van der Waals surface area contributed by atoms with Gasteiger partial charge < -0.3 is 4.74 Å². The molecule has 0 N–H and O–H groups in total. The van der Waals surface area contributed by atoms with Gasteiger partial charge in [-0.15, -0.1) is 0 Å². The Balaban J connectivity index is 2.08. The third-order valence-corrected chi connectivity index (χ3v) is 4.81. The van der Waals surface area contributed by atoms with Gasteiger partial charge in [0, 0.05) is 0 Å². The van der Waals surface area contributed by atoms with Crippen LogP contribution in [0.15, 0.2) is 103 Å². The van der Waals surface area contributed by atoms with Crippen molar-refractivity contribution in [2.75, 3.05) is 6.61 Å². The van der Waals surface area contributed by atoms with Crippen LogP contribution >= 0.6 is 0 Å². The molecule has 0 aliphatic heterocycles. The molecular formula is C26H26O2. The van der Waals surface area contributed by atoms with Crippen LogP contribution in [0.5, 0.6) is 0 Å². The fraction of sp³-hybridized carbons (Fsp3) is 0.192. The van der Waals surface area contributed by atoms with E-state index in [4.69, 9.17) is 4.74 Å². The first-order valence-electron chi connectivity index (χ1n) is 9.61. The normalized spacial score (nSPS) is 12.0. The van der Waals surface area contributed by atoms with Crippen LogP contribution in [-0.4, -0.2) is 12.4 Å². The van der Waals surface area contributed by atoms with Crippen molar-refractivity contribution in [1.82, 2.24) is 0 Å². The van der Waals surface area contributed by atoms with E-state index in [1.54, 1.807) is 13.0 Å². The Morgan fingerprint density at radius 1 is 0.750 bits per heavy atom. The van der Waals surface area contributed by atoms with Crippen molar-refractivity contribution in [2.45, 2.75) is 25.9 Å². The molecule has 0 aliphatic rings. The summed E-state index contributed by atoms with van der Waals surface area (Å²) < 4.78 is 6.69. The highest BCUT2D eigenvalue weighted by molar-refractivity contribution is 5.87. The summed E-state index contributed by atoms with van der Waals surface area (Å²) in [6.45, 7) is 4.06. The lowest BCUT2D eigenvalue weighted by molar-refractivity contribution is -0.112. The number of hydrogen-bond donors (Lipinski definition) is 0. The van der Waals surface area contributed by atoms with Gasteiger partial charge in [0.2, 0.25) is 0 Å². The van der Waals surface area contributed by atoms with Gasteiger partial charge >= 0.3 is 0 Å². The quantitative estimate of drug-likeness (QED) is 0.363. The van der Waals surface area contributed by atoms with E-state index in [1.807, 2.05) is 61.5 Å². The first-order chi connectivity index (χ1) is 13.6. The number of hydrogen-bond acceptors (Lipinski definition) is 2. The summed E-state index contributed by atoms with van der Waals surface area (Å²) in [5.41, 5.74) is 3.57. The molecule has 3 rings (SSSR count). The van der Waals surface area contributed by atoms with E-state index in [2.05, 4.69) is 36.4 Å². The minimum absolute atomic E-state index is 0.0675. The lowest BCUT2D eigenvalue weighted by atomic mass is 9.80. The zero-order valence-electron chi connectivity index (χ0n) is 16.5. The fourth-order valence-electron chi connectivity index (χ4n) is 3.55. The minimum Gasteiger partial charge on any atom is -0.361 e. The Hall–Kier alpha value is -2.97. The minimum atomic E-state index is -0.708. The van der Waals surface area contributed by atoms with Crippen LogP contribution in [-0.2, 0) is 15.1 Å². The Bertz CT molecular complexity index is 816. The number of allylic oxidation sites excluding steroid dienone is 1. The largest absolute Gasteiger partial charge is 0.361 e. The van der Waals surface area contributed by atoms with Gasteiger partial charge in [-0.05, 0) is 43.0 Å². The van der Waals surface area contributed by atoms with Crippen LogP contribution in [0.4, 0.5) is 0 Å². The topological polar surface area (TPSA) is 26.3 Å². The average Bonchev–Trinajstić information content (AvgIpc) is 2.73. The Morgan fingerprint density at radius 3 is 1.50 bits per heavy atom.